The lowest BCUT2D eigenvalue weighted by Gasteiger charge is -2.27. The molecule has 0 aliphatic heterocycles. The number of aromatic nitrogens is 3. The molecular formula is C27H31N3O6S. The molecule has 0 saturated carbocycles. The molecule has 1 N–H and O–H groups in total. The number of carbonyl (C=O) groups is 1. The minimum absolute atomic E-state index is 0.0888. The molecule has 0 bridgehead atoms. The number of rotatable bonds is 9. The quantitative estimate of drug-likeness (QED) is 0.336. The molecule has 0 aliphatic carbocycles. The van der Waals surface area contributed by atoms with Crippen LogP contribution in [0, 0.1) is 6.92 Å². The molecule has 0 saturated heterocycles. The Labute approximate surface area is 218 Å². The fourth-order valence-electron chi connectivity index (χ4n) is 4.51. The van der Waals surface area contributed by atoms with Crippen molar-refractivity contribution in [3.8, 4) is 10.8 Å². The van der Waals surface area contributed by atoms with Gasteiger partial charge in [-0.25, -0.2) is 19.1 Å². The summed E-state index contributed by atoms with van der Waals surface area (Å²) in [6.45, 7) is 10.4. The first-order valence-electron chi connectivity index (χ1n) is 12.1. The number of benzene rings is 1. The van der Waals surface area contributed by atoms with E-state index < -0.39 is 28.9 Å². The molecule has 0 radical (unpaired) electrons. The number of aliphatic carboxylic acids is 1. The minimum atomic E-state index is -1.78. The summed E-state index contributed by atoms with van der Waals surface area (Å²) >= 11 is 1.22. The average molecular weight is 526 g/mol. The standard InChI is InChI=1S/C27H31N3O6S/c1-7-17-10-8-9-11-18(17)19(36-15(2)3)14-29-24-20(16(4)21(37-24)22-28-12-13-35-22)23(31)30(26(29)34)27(5,6)25(32)33/h8-13,15,19H,7,14H2,1-6H3,(H,32,33)/t19-/m1/s1. The van der Waals surface area contributed by atoms with Gasteiger partial charge in [0.15, 0.2) is 0 Å². The van der Waals surface area contributed by atoms with E-state index in [2.05, 4.69) is 11.9 Å². The van der Waals surface area contributed by atoms with Crippen LogP contribution in [0.4, 0.5) is 0 Å². The first kappa shape index (κ1) is 26.6. The monoisotopic (exact) mass is 525 g/mol. The smallest absolute Gasteiger partial charge is 0.333 e. The molecule has 0 unspecified atom stereocenters. The number of aryl methyl sites for hydroxylation is 2. The minimum Gasteiger partial charge on any atom is -0.480 e. The van der Waals surface area contributed by atoms with Crippen molar-refractivity contribution in [2.45, 2.75) is 72.3 Å². The molecule has 1 aromatic carbocycles. The molecule has 0 fully saturated rings. The van der Waals surface area contributed by atoms with Crippen LogP contribution in [0.3, 0.4) is 0 Å². The van der Waals surface area contributed by atoms with Gasteiger partial charge in [-0.2, -0.15) is 0 Å². The Kier molecular flexibility index (Phi) is 7.25. The molecule has 1 atom stereocenters. The van der Waals surface area contributed by atoms with Crippen LogP contribution in [0.2, 0.25) is 0 Å². The lowest BCUT2D eigenvalue weighted by Crippen LogP contribution is -2.52. The summed E-state index contributed by atoms with van der Waals surface area (Å²) in [4.78, 5) is 45.1. The van der Waals surface area contributed by atoms with E-state index >= 15 is 0 Å². The largest absolute Gasteiger partial charge is 0.480 e. The third-order valence-electron chi connectivity index (χ3n) is 6.49. The first-order chi connectivity index (χ1) is 17.5. The molecular weight excluding hydrogens is 494 g/mol. The predicted octanol–water partition coefficient (Wildman–Crippen LogP) is 4.74. The van der Waals surface area contributed by atoms with Crippen LogP contribution in [-0.2, 0) is 28.0 Å². The van der Waals surface area contributed by atoms with E-state index in [1.54, 1.807) is 6.92 Å². The second-order valence-corrected chi connectivity index (χ2v) is 10.7. The van der Waals surface area contributed by atoms with Gasteiger partial charge < -0.3 is 14.3 Å². The second-order valence-electron chi connectivity index (χ2n) is 9.70. The van der Waals surface area contributed by atoms with Gasteiger partial charge in [0.2, 0.25) is 5.89 Å². The zero-order valence-electron chi connectivity index (χ0n) is 21.8. The van der Waals surface area contributed by atoms with Crippen molar-refractivity contribution in [2.24, 2.45) is 0 Å². The Hall–Kier alpha value is -3.50. The van der Waals surface area contributed by atoms with Crippen molar-refractivity contribution in [1.82, 2.24) is 14.1 Å². The van der Waals surface area contributed by atoms with Crippen molar-refractivity contribution >= 4 is 27.5 Å². The third kappa shape index (κ3) is 4.67. The topological polar surface area (TPSA) is 117 Å². The van der Waals surface area contributed by atoms with E-state index in [9.17, 15) is 19.5 Å². The lowest BCUT2D eigenvalue weighted by molar-refractivity contribution is -0.146. The number of hydrogen-bond acceptors (Lipinski definition) is 7. The maximum Gasteiger partial charge on any atom is 0.333 e. The molecule has 0 aliphatic rings. The van der Waals surface area contributed by atoms with Crippen molar-refractivity contribution < 1.29 is 19.1 Å². The van der Waals surface area contributed by atoms with Crippen LogP contribution in [0.5, 0.6) is 0 Å². The SMILES string of the molecule is CCc1ccccc1[C@@H](Cn1c(=O)n(C(C)(C)C(=O)O)c(=O)c2c(C)c(-c3ncco3)sc21)OC(C)C. The molecule has 9 nitrogen and oxygen atoms in total. The van der Waals surface area contributed by atoms with Crippen LogP contribution in [-0.4, -0.2) is 31.3 Å². The summed E-state index contributed by atoms with van der Waals surface area (Å²) in [5.41, 5.74) is -0.555. The van der Waals surface area contributed by atoms with Crippen LogP contribution in [0.1, 0.15) is 57.4 Å². The highest BCUT2D eigenvalue weighted by Crippen LogP contribution is 2.36. The van der Waals surface area contributed by atoms with Gasteiger partial charge >= 0.3 is 11.7 Å². The Balaban J connectivity index is 2.06. The molecule has 4 rings (SSSR count). The Morgan fingerprint density at radius 2 is 1.95 bits per heavy atom. The van der Waals surface area contributed by atoms with Crippen molar-refractivity contribution in [3.05, 3.63) is 74.3 Å². The lowest BCUT2D eigenvalue weighted by atomic mass is 10.00. The van der Waals surface area contributed by atoms with Gasteiger partial charge in [-0.15, -0.1) is 11.3 Å². The number of carboxylic acid groups (broad SMARTS) is 1. The maximum atomic E-state index is 13.9. The summed E-state index contributed by atoms with van der Waals surface area (Å²) < 4.78 is 14.1. The molecule has 196 valence electrons. The summed E-state index contributed by atoms with van der Waals surface area (Å²) in [6.07, 6.45) is 3.06. The van der Waals surface area contributed by atoms with Gasteiger partial charge in [-0.05, 0) is 57.7 Å². The van der Waals surface area contributed by atoms with Crippen molar-refractivity contribution in [3.63, 3.8) is 0 Å². The van der Waals surface area contributed by atoms with Crippen LogP contribution in [0.25, 0.3) is 21.0 Å². The first-order valence-corrected chi connectivity index (χ1v) is 13.0. The van der Waals surface area contributed by atoms with E-state index in [1.807, 2.05) is 38.1 Å². The Morgan fingerprint density at radius 3 is 2.54 bits per heavy atom. The highest BCUT2D eigenvalue weighted by Gasteiger charge is 2.36. The number of hydrogen-bond donors (Lipinski definition) is 1. The molecule has 3 aromatic heterocycles. The van der Waals surface area contributed by atoms with Gasteiger partial charge in [-0.1, -0.05) is 31.2 Å². The molecule has 3 heterocycles. The average Bonchev–Trinajstić information content (AvgIpc) is 3.48. The highest BCUT2D eigenvalue weighted by molar-refractivity contribution is 7.22. The third-order valence-corrected chi connectivity index (χ3v) is 7.79. The van der Waals surface area contributed by atoms with E-state index in [1.165, 1.54) is 42.2 Å². The summed E-state index contributed by atoms with van der Waals surface area (Å²) in [5.74, 6) is -0.961. The summed E-state index contributed by atoms with van der Waals surface area (Å²) in [7, 11) is 0. The highest BCUT2D eigenvalue weighted by atomic mass is 32.1. The number of carboxylic acids is 1. The van der Waals surface area contributed by atoms with Crippen molar-refractivity contribution in [1.29, 1.82) is 0 Å². The maximum absolute atomic E-state index is 13.9. The van der Waals surface area contributed by atoms with Gasteiger partial charge in [-0.3, -0.25) is 9.36 Å². The zero-order chi connectivity index (χ0) is 27.1. The zero-order valence-corrected chi connectivity index (χ0v) is 22.6. The molecule has 37 heavy (non-hydrogen) atoms. The van der Waals surface area contributed by atoms with Crippen LogP contribution < -0.4 is 11.2 Å². The normalized spacial score (nSPS) is 12.9. The number of thiophene rings is 1. The summed E-state index contributed by atoms with van der Waals surface area (Å²) in [5, 5.41) is 10.2. The number of nitrogens with zero attached hydrogens (tertiary/aromatic N) is 3. The number of fused-ring (bicyclic) bond motifs is 1. The molecule has 0 amide bonds. The second kappa shape index (κ2) is 10.1. The van der Waals surface area contributed by atoms with E-state index in [-0.39, 0.29) is 18.0 Å². The Bertz CT molecular complexity index is 1560. The fraction of sp³-hybridized carbons (Fsp3) is 0.407. The van der Waals surface area contributed by atoms with Gasteiger partial charge in [0, 0.05) is 0 Å². The Morgan fingerprint density at radius 1 is 1.24 bits per heavy atom. The van der Waals surface area contributed by atoms with Gasteiger partial charge in [0.1, 0.15) is 22.7 Å². The van der Waals surface area contributed by atoms with Crippen molar-refractivity contribution in [2.75, 3.05) is 0 Å². The molecule has 0 spiro atoms. The van der Waals surface area contributed by atoms with E-state index in [4.69, 9.17) is 9.15 Å². The van der Waals surface area contributed by atoms with Crippen LogP contribution in [0.15, 0.2) is 50.7 Å². The molecule has 10 heteroatoms. The number of oxazole rings is 1. The fourth-order valence-corrected chi connectivity index (χ4v) is 5.76. The van der Waals surface area contributed by atoms with E-state index in [0.29, 0.717) is 21.2 Å². The van der Waals surface area contributed by atoms with Gasteiger partial charge in [0.05, 0.1) is 29.1 Å². The van der Waals surface area contributed by atoms with Gasteiger partial charge in [0.25, 0.3) is 5.56 Å². The van der Waals surface area contributed by atoms with Crippen LogP contribution >= 0.6 is 11.3 Å². The predicted molar refractivity (Wildman–Crippen MR) is 142 cm³/mol. The number of ether oxygens (including phenoxy) is 1. The molecule has 4 aromatic rings. The summed E-state index contributed by atoms with van der Waals surface area (Å²) in [6, 6.07) is 7.88. The van der Waals surface area contributed by atoms with E-state index in [0.717, 1.165) is 22.1 Å².